The van der Waals surface area contributed by atoms with Crippen LogP contribution in [0.2, 0.25) is 18.1 Å². The van der Waals surface area contributed by atoms with Gasteiger partial charge in [0.05, 0.1) is 13.2 Å². The SMILES string of the molecule is C=CC[Si](CC=C)(CCCOCC1CO1)OC. The van der Waals surface area contributed by atoms with Gasteiger partial charge in [-0.15, -0.1) is 13.2 Å². The van der Waals surface area contributed by atoms with Crippen molar-refractivity contribution in [1.29, 1.82) is 0 Å². The van der Waals surface area contributed by atoms with Crippen LogP contribution in [0.5, 0.6) is 0 Å². The first kappa shape index (κ1) is 14.6. The molecule has 1 atom stereocenters. The van der Waals surface area contributed by atoms with E-state index < -0.39 is 8.32 Å². The zero-order valence-corrected chi connectivity index (χ0v) is 11.8. The Bertz CT molecular complexity index is 229. The van der Waals surface area contributed by atoms with Gasteiger partial charge in [-0.3, -0.25) is 0 Å². The number of hydrogen-bond acceptors (Lipinski definition) is 3. The fourth-order valence-electron chi connectivity index (χ4n) is 1.96. The molecule has 1 unspecified atom stereocenters. The number of epoxide rings is 1. The predicted octanol–water partition coefficient (Wildman–Crippen LogP) is 2.76. The van der Waals surface area contributed by atoms with Crippen molar-refractivity contribution in [3.63, 3.8) is 0 Å². The molecule has 0 radical (unpaired) electrons. The smallest absolute Gasteiger partial charge is 0.199 e. The van der Waals surface area contributed by atoms with E-state index in [1.165, 1.54) is 0 Å². The van der Waals surface area contributed by atoms with Crippen LogP contribution < -0.4 is 0 Å². The van der Waals surface area contributed by atoms with Gasteiger partial charge in [-0.25, -0.2) is 0 Å². The standard InChI is InChI=1S/C13H24O3Si/c1-4-8-17(14-3,9-5-2)10-6-7-15-11-13-12-16-13/h4-5,13H,1-2,6-12H2,3H3. The van der Waals surface area contributed by atoms with Crippen LogP contribution in [0, 0.1) is 0 Å². The summed E-state index contributed by atoms with van der Waals surface area (Å²) in [5, 5.41) is 0. The van der Waals surface area contributed by atoms with Crippen molar-refractivity contribution in [3.8, 4) is 0 Å². The number of hydrogen-bond donors (Lipinski definition) is 0. The lowest BCUT2D eigenvalue weighted by molar-refractivity contribution is 0.116. The van der Waals surface area contributed by atoms with Gasteiger partial charge < -0.3 is 13.9 Å². The predicted molar refractivity (Wildman–Crippen MR) is 72.8 cm³/mol. The molecular weight excluding hydrogens is 232 g/mol. The van der Waals surface area contributed by atoms with Crippen LogP contribution >= 0.6 is 0 Å². The van der Waals surface area contributed by atoms with Gasteiger partial charge in [0.25, 0.3) is 0 Å². The molecule has 0 saturated carbocycles. The highest BCUT2D eigenvalue weighted by molar-refractivity contribution is 6.74. The molecule has 1 aliphatic rings. The molecule has 0 aliphatic carbocycles. The quantitative estimate of drug-likeness (QED) is 0.246. The van der Waals surface area contributed by atoms with E-state index >= 15 is 0 Å². The van der Waals surface area contributed by atoms with E-state index in [1.807, 2.05) is 19.3 Å². The fourth-order valence-corrected chi connectivity index (χ4v) is 4.91. The molecule has 17 heavy (non-hydrogen) atoms. The molecule has 1 rings (SSSR count). The van der Waals surface area contributed by atoms with Crippen molar-refractivity contribution in [1.82, 2.24) is 0 Å². The van der Waals surface area contributed by atoms with Gasteiger partial charge in [-0.2, -0.15) is 0 Å². The summed E-state index contributed by atoms with van der Waals surface area (Å²) in [6.07, 6.45) is 5.35. The molecule has 4 heteroatoms. The lowest BCUT2D eigenvalue weighted by Gasteiger charge is -2.27. The lowest BCUT2D eigenvalue weighted by atomic mass is 10.5. The van der Waals surface area contributed by atoms with E-state index in [0.29, 0.717) is 6.10 Å². The zero-order valence-electron chi connectivity index (χ0n) is 10.8. The van der Waals surface area contributed by atoms with Gasteiger partial charge >= 0.3 is 0 Å². The van der Waals surface area contributed by atoms with E-state index in [-0.39, 0.29) is 0 Å². The summed E-state index contributed by atoms with van der Waals surface area (Å²) >= 11 is 0. The maximum absolute atomic E-state index is 5.77. The highest BCUT2D eigenvalue weighted by atomic mass is 28.4. The molecule has 1 heterocycles. The Balaban J connectivity index is 2.20. The summed E-state index contributed by atoms with van der Waals surface area (Å²) in [6, 6.07) is 3.08. The van der Waals surface area contributed by atoms with Crippen molar-refractivity contribution >= 4 is 8.32 Å². The van der Waals surface area contributed by atoms with Gasteiger partial charge in [0.2, 0.25) is 0 Å². The Labute approximate surface area is 106 Å². The monoisotopic (exact) mass is 256 g/mol. The second kappa shape index (κ2) is 7.82. The molecule has 0 amide bonds. The third-order valence-corrected chi connectivity index (χ3v) is 7.29. The normalized spacial score (nSPS) is 19.0. The van der Waals surface area contributed by atoms with E-state index in [1.54, 1.807) is 0 Å². The van der Waals surface area contributed by atoms with Gasteiger partial charge in [-0.1, -0.05) is 12.2 Å². The number of allylic oxidation sites excluding steroid dienone is 2. The summed E-state index contributed by atoms with van der Waals surface area (Å²) in [6.45, 7) is 10.1. The van der Waals surface area contributed by atoms with Crippen molar-refractivity contribution in [3.05, 3.63) is 25.3 Å². The first-order valence-corrected chi connectivity index (χ1v) is 8.75. The third kappa shape index (κ3) is 5.63. The van der Waals surface area contributed by atoms with Crippen LogP contribution in [0.1, 0.15) is 6.42 Å². The molecule has 1 saturated heterocycles. The Kier molecular flexibility index (Phi) is 6.73. The summed E-state index contributed by atoms with van der Waals surface area (Å²) in [5.74, 6) is 0. The average molecular weight is 256 g/mol. The molecule has 0 N–H and O–H groups in total. The fraction of sp³-hybridized carbons (Fsp3) is 0.692. The molecule has 1 fully saturated rings. The zero-order chi connectivity index (χ0) is 12.6. The van der Waals surface area contributed by atoms with Crippen molar-refractivity contribution < 1.29 is 13.9 Å². The Morgan fingerprint density at radius 1 is 1.35 bits per heavy atom. The van der Waals surface area contributed by atoms with Crippen LogP contribution in [0.15, 0.2) is 25.3 Å². The lowest BCUT2D eigenvalue weighted by Crippen LogP contribution is -2.36. The first-order valence-electron chi connectivity index (χ1n) is 6.22. The van der Waals surface area contributed by atoms with Crippen LogP contribution in [0.25, 0.3) is 0 Å². The van der Waals surface area contributed by atoms with Crippen LogP contribution in [-0.4, -0.2) is 41.4 Å². The number of ether oxygens (including phenoxy) is 2. The topological polar surface area (TPSA) is 31.0 Å². The molecule has 0 aromatic carbocycles. The summed E-state index contributed by atoms with van der Waals surface area (Å²) in [5.41, 5.74) is 0. The molecule has 1 aliphatic heterocycles. The van der Waals surface area contributed by atoms with Crippen molar-refractivity contribution in [2.24, 2.45) is 0 Å². The summed E-state index contributed by atoms with van der Waals surface area (Å²) < 4.78 is 16.4. The minimum atomic E-state index is -1.68. The molecule has 0 aromatic heterocycles. The summed E-state index contributed by atoms with van der Waals surface area (Å²) in [4.78, 5) is 0. The molecule has 98 valence electrons. The molecule has 0 bridgehead atoms. The van der Waals surface area contributed by atoms with E-state index in [9.17, 15) is 0 Å². The van der Waals surface area contributed by atoms with Crippen molar-refractivity contribution in [2.45, 2.75) is 30.7 Å². The van der Waals surface area contributed by atoms with E-state index in [0.717, 1.165) is 44.4 Å². The van der Waals surface area contributed by atoms with Gasteiger partial charge in [0.1, 0.15) is 6.10 Å². The van der Waals surface area contributed by atoms with Gasteiger partial charge in [0, 0.05) is 13.7 Å². The third-order valence-electron chi connectivity index (χ3n) is 3.09. The summed E-state index contributed by atoms with van der Waals surface area (Å²) in [7, 11) is 0.139. The Morgan fingerprint density at radius 2 is 2.00 bits per heavy atom. The molecule has 0 spiro atoms. The highest BCUT2D eigenvalue weighted by Crippen LogP contribution is 2.24. The maximum atomic E-state index is 5.77. The van der Waals surface area contributed by atoms with Gasteiger partial charge in [-0.05, 0) is 24.6 Å². The Hall–Kier alpha value is -0.423. The molecule has 3 nitrogen and oxygen atoms in total. The largest absolute Gasteiger partial charge is 0.419 e. The van der Waals surface area contributed by atoms with E-state index in [2.05, 4.69) is 13.2 Å². The first-order chi connectivity index (χ1) is 8.26. The second-order valence-corrected chi connectivity index (χ2v) is 8.60. The average Bonchev–Trinajstić information content (AvgIpc) is 3.13. The maximum Gasteiger partial charge on any atom is 0.199 e. The second-order valence-electron chi connectivity index (χ2n) is 4.51. The van der Waals surface area contributed by atoms with E-state index in [4.69, 9.17) is 13.9 Å². The van der Waals surface area contributed by atoms with Gasteiger partial charge in [0.15, 0.2) is 8.32 Å². The minimum absolute atomic E-state index is 0.362. The minimum Gasteiger partial charge on any atom is -0.419 e. The van der Waals surface area contributed by atoms with Crippen molar-refractivity contribution in [2.75, 3.05) is 26.9 Å². The molecular formula is C13H24O3Si. The van der Waals surface area contributed by atoms with Crippen LogP contribution in [0.3, 0.4) is 0 Å². The number of rotatable bonds is 11. The Morgan fingerprint density at radius 3 is 2.47 bits per heavy atom. The van der Waals surface area contributed by atoms with Crippen LogP contribution in [0.4, 0.5) is 0 Å². The molecule has 0 aromatic rings. The highest BCUT2D eigenvalue weighted by Gasteiger charge is 2.30. The van der Waals surface area contributed by atoms with Crippen LogP contribution in [-0.2, 0) is 13.9 Å².